The van der Waals surface area contributed by atoms with Crippen molar-refractivity contribution in [1.29, 1.82) is 0 Å². The van der Waals surface area contributed by atoms with Crippen molar-refractivity contribution in [2.75, 3.05) is 13.7 Å². The largest absolute Gasteiger partial charge is 0.383 e. The fourth-order valence-electron chi connectivity index (χ4n) is 1.40. The molecule has 0 bridgehead atoms. The summed E-state index contributed by atoms with van der Waals surface area (Å²) in [5.74, 6) is 0. The van der Waals surface area contributed by atoms with Crippen LogP contribution >= 0.6 is 15.9 Å². The van der Waals surface area contributed by atoms with Gasteiger partial charge in [-0.05, 0) is 28.9 Å². The van der Waals surface area contributed by atoms with Gasteiger partial charge in [0.1, 0.15) is 5.52 Å². The predicted molar refractivity (Wildman–Crippen MR) is 61.8 cm³/mol. The minimum Gasteiger partial charge on any atom is -0.383 e. The van der Waals surface area contributed by atoms with Gasteiger partial charge in [-0.25, -0.2) is 9.97 Å². The van der Waals surface area contributed by atoms with Gasteiger partial charge < -0.3 is 9.30 Å². The Morgan fingerprint density at radius 3 is 3.07 bits per heavy atom. The summed E-state index contributed by atoms with van der Waals surface area (Å²) < 4.78 is 8.02. The van der Waals surface area contributed by atoms with Gasteiger partial charge >= 0.3 is 0 Å². The highest BCUT2D eigenvalue weighted by Gasteiger charge is 2.06. The first-order valence-electron chi connectivity index (χ1n) is 4.69. The van der Waals surface area contributed by atoms with Crippen LogP contribution < -0.4 is 0 Å². The van der Waals surface area contributed by atoms with Crippen molar-refractivity contribution in [2.24, 2.45) is 0 Å². The molecular formula is C10H12BrN3O. The first kappa shape index (κ1) is 10.6. The summed E-state index contributed by atoms with van der Waals surface area (Å²) in [6.07, 6.45) is 1.79. The highest BCUT2D eigenvalue weighted by atomic mass is 79.9. The summed E-state index contributed by atoms with van der Waals surface area (Å²) in [7, 11) is 1.69. The maximum absolute atomic E-state index is 5.03. The number of pyridine rings is 1. The third kappa shape index (κ3) is 2.03. The Bertz CT molecular complexity index is 481. The van der Waals surface area contributed by atoms with Crippen LogP contribution in [0, 0.1) is 6.92 Å². The summed E-state index contributed by atoms with van der Waals surface area (Å²) in [5.41, 5.74) is 2.79. The smallest absolute Gasteiger partial charge is 0.160 e. The van der Waals surface area contributed by atoms with E-state index in [4.69, 9.17) is 4.74 Å². The highest BCUT2D eigenvalue weighted by Crippen LogP contribution is 2.19. The van der Waals surface area contributed by atoms with E-state index in [0.29, 0.717) is 6.61 Å². The average Bonchev–Trinajstić information content (AvgIpc) is 2.59. The Labute approximate surface area is 96.4 Å². The van der Waals surface area contributed by atoms with Crippen molar-refractivity contribution in [3.63, 3.8) is 0 Å². The molecule has 0 spiro atoms. The molecule has 0 aromatic carbocycles. The lowest BCUT2D eigenvalue weighted by molar-refractivity contribution is 0.188. The van der Waals surface area contributed by atoms with Crippen molar-refractivity contribution in [3.8, 4) is 0 Å². The number of hydrogen-bond donors (Lipinski definition) is 0. The van der Waals surface area contributed by atoms with Gasteiger partial charge in [-0.1, -0.05) is 0 Å². The first-order valence-corrected chi connectivity index (χ1v) is 5.48. The van der Waals surface area contributed by atoms with Gasteiger partial charge in [-0.15, -0.1) is 0 Å². The standard InChI is InChI=1S/C10H12BrN3O/c1-7-8(11)5-9-10(13-7)14(6-12-9)3-4-15-2/h5-6H,3-4H2,1-2H3. The van der Waals surface area contributed by atoms with E-state index in [0.717, 1.165) is 27.9 Å². The molecule has 0 aliphatic rings. The molecule has 0 unspecified atom stereocenters. The molecule has 0 aliphatic carbocycles. The zero-order chi connectivity index (χ0) is 10.8. The van der Waals surface area contributed by atoms with E-state index in [1.807, 2.05) is 17.6 Å². The van der Waals surface area contributed by atoms with Crippen LogP contribution in [0.25, 0.3) is 11.2 Å². The zero-order valence-corrected chi connectivity index (χ0v) is 10.3. The van der Waals surface area contributed by atoms with E-state index < -0.39 is 0 Å². The molecule has 0 aliphatic heterocycles. The van der Waals surface area contributed by atoms with E-state index >= 15 is 0 Å². The molecule has 0 saturated heterocycles. The Hall–Kier alpha value is -0.940. The zero-order valence-electron chi connectivity index (χ0n) is 8.70. The number of aryl methyl sites for hydroxylation is 1. The second-order valence-corrected chi connectivity index (χ2v) is 4.18. The van der Waals surface area contributed by atoms with Crippen molar-refractivity contribution in [3.05, 3.63) is 22.6 Å². The maximum Gasteiger partial charge on any atom is 0.160 e. The molecule has 0 radical (unpaired) electrons. The van der Waals surface area contributed by atoms with Gasteiger partial charge in [0, 0.05) is 18.1 Å². The van der Waals surface area contributed by atoms with Crippen LogP contribution in [0.1, 0.15) is 5.69 Å². The molecular weight excluding hydrogens is 258 g/mol. The van der Waals surface area contributed by atoms with E-state index in [9.17, 15) is 0 Å². The molecule has 0 atom stereocenters. The van der Waals surface area contributed by atoms with Crippen molar-refractivity contribution in [1.82, 2.24) is 14.5 Å². The minimum atomic E-state index is 0.669. The molecule has 2 rings (SSSR count). The second kappa shape index (κ2) is 4.28. The van der Waals surface area contributed by atoms with E-state index in [2.05, 4.69) is 25.9 Å². The Kier molecular flexibility index (Phi) is 3.02. The molecule has 80 valence electrons. The predicted octanol–water partition coefficient (Wildman–Crippen LogP) is 2.15. The van der Waals surface area contributed by atoms with Crippen LogP contribution in [0.15, 0.2) is 16.9 Å². The van der Waals surface area contributed by atoms with Crippen LogP contribution in [0.3, 0.4) is 0 Å². The number of aromatic nitrogens is 3. The highest BCUT2D eigenvalue weighted by molar-refractivity contribution is 9.10. The average molecular weight is 270 g/mol. The number of halogens is 1. The van der Waals surface area contributed by atoms with Crippen LogP contribution in [0.2, 0.25) is 0 Å². The summed E-state index contributed by atoms with van der Waals surface area (Å²) in [6.45, 7) is 3.42. The molecule has 0 fully saturated rings. The van der Waals surface area contributed by atoms with Gasteiger partial charge in [-0.3, -0.25) is 0 Å². The van der Waals surface area contributed by atoms with Crippen LogP contribution in [0.5, 0.6) is 0 Å². The van der Waals surface area contributed by atoms with Gasteiger partial charge in [0.2, 0.25) is 0 Å². The van der Waals surface area contributed by atoms with Crippen LogP contribution in [-0.2, 0) is 11.3 Å². The van der Waals surface area contributed by atoms with E-state index in [1.54, 1.807) is 13.4 Å². The molecule has 2 heterocycles. The summed E-state index contributed by atoms with van der Waals surface area (Å²) in [4.78, 5) is 8.77. The molecule has 2 aromatic rings. The fourth-order valence-corrected chi connectivity index (χ4v) is 1.71. The second-order valence-electron chi connectivity index (χ2n) is 3.33. The number of imidazole rings is 1. The third-order valence-electron chi connectivity index (χ3n) is 2.26. The van der Waals surface area contributed by atoms with E-state index in [-0.39, 0.29) is 0 Å². The lowest BCUT2D eigenvalue weighted by atomic mass is 10.3. The van der Waals surface area contributed by atoms with E-state index in [1.165, 1.54) is 0 Å². The molecule has 4 nitrogen and oxygen atoms in total. The van der Waals surface area contributed by atoms with Gasteiger partial charge in [-0.2, -0.15) is 0 Å². The van der Waals surface area contributed by atoms with Crippen LogP contribution in [-0.4, -0.2) is 28.3 Å². The monoisotopic (exact) mass is 269 g/mol. The molecule has 0 amide bonds. The van der Waals surface area contributed by atoms with Crippen molar-refractivity contribution >= 4 is 27.1 Å². The van der Waals surface area contributed by atoms with Gasteiger partial charge in [0.15, 0.2) is 5.65 Å². The Morgan fingerprint density at radius 1 is 1.53 bits per heavy atom. The molecule has 5 heteroatoms. The number of hydrogen-bond acceptors (Lipinski definition) is 3. The fraction of sp³-hybridized carbons (Fsp3) is 0.400. The molecule has 0 saturated carbocycles. The van der Waals surface area contributed by atoms with Crippen molar-refractivity contribution < 1.29 is 4.74 Å². The number of ether oxygens (including phenoxy) is 1. The summed E-state index contributed by atoms with van der Waals surface area (Å²) in [6, 6.07) is 1.99. The quantitative estimate of drug-likeness (QED) is 0.858. The molecule has 15 heavy (non-hydrogen) atoms. The Morgan fingerprint density at radius 2 is 2.33 bits per heavy atom. The lowest BCUT2D eigenvalue weighted by Crippen LogP contribution is -2.03. The minimum absolute atomic E-state index is 0.669. The number of methoxy groups -OCH3 is 1. The Balaban J connectivity index is 2.45. The molecule has 0 N–H and O–H groups in total. The first-order chi connectivity index (χ1) is 7.22. The van der Waals surface area contributed by atoms with Crippen molar-refractivity contribution in [2.45, 2.75) is 13.5 Å². The normalized spacial score (nSPS) is 11.1. The molecule has 2 aromatic heterocycles. The summed E-state index contributed by atoms with van der Waals surface area (Å²) in [5, 5.41) is 0. The topological polar surface area (TPSA) is 39.9 Å². The number of nitrogens with zero attached hydrogens (tertiary/aromatic N) is 3. The van der Waals surface area contributed by atoms with Gasteiger partial charge in [0.05, 0.1) is 18.6 Å². The van der Waals surface area contributed by atoms with Gasteiger partial charge in [0.25, 0.3) is 0 Å². The summed E-state index contributed by atoms with van der Waals surface area (Å²) >= 11 is 3.44. The third-order valence-corrected chi connectivity index (χ3v) is 3.06. The maximum atomic E-state index is 5.03. The van der Waals surface area contributed by atoms with Crippen LogP contribution in [0.4, 0.5) is 0 Å². The number of rotatable bonds is 3. The number of fused-ring (bicyclic) bond motifs is 1. The lowest BCUT2D eigenvalue weighted by Gasteiger charge is -2.03. The SMILES string of the molecule is COCCn1cnc2cc(Br)c(C)nc21.